The van der Waals surface area contributed by atoms with Gasteiger partial charge in [-0.15, -0.1) is 0 Å². The van der Waals surface area contributed by atoms with Crippen molar-refractivity contribution in [3.63, 3.8) is 0 Å². The second kappa shape index (κ2) is 7.88. The Kier molecular flexibility index (Phi) is 6.13. The van der Waals surface area contributed by atoms with E-state index in [0.29, 0.717) is 15.3 Å². The normalized spacial score (nSPS) is 11.9. The highest BCUT2D eigenvalue weighted by Crippen LogP contribution is 2.22. The van der Waals surface area contributed by atoms with Crippen LogP contribution in [0.5, 0.6) is 0 Å². The molecule has 0 radical (unpaired) electrons. The third-order valence-corrected chi connectivity index (χ3v) is 4.54. The molecule has 0 aliphatic carbocycles. The molecule has 2 aromatic rings. The first-order chi connectivity index (χ1) is 10.9. The fraction of sp³-hybridized carbons (Fsp3) is 0.278. The van der Waals surface area contributed by atoms with E-state index in [0.717, 1.165) is 6.42 Å². The Hall–Kier alpha value is -1.46. The second-order valence-electron chi connectivity index (χ2n) is 5.53. The largest absolute Gasteiger partial charge is 0.356 e. The summed E-state index contributed by atoms with van der Waals surface area (Å²) in [5, 5.41) is 6.60. The highest BCUT2D eigenvalue weighted by atomic mass is 79.9. The second-order valence-corrected chi connectivity index (χ2v) is 6.85. The molecule has 1 atom stereocenters. The minimum absolute atomic E-state index is 0.0906. The number of halogens is 2. The van der Waals surface area contributed by atoms with Crippen molar-refractivity contribution in [2.45, 2.75) is 33.2 Å². The van der Waals surface area contributed by atoms with Crippen molar-refractivity contribution in [3.05, 3.63) is 63.4 Å². The smallest absolute Gasteiger partial charge is 0.171 e. The van der Waals surface area contributed by atoms with Crippen molar-refractivity contribution >= 4 is 38.9 Å². The number of nitrogens with one attached hydrogen (secondary N) is 2. The maximum absolute atomic E-state index is 13.9. The lowest BCUT2D eigenvalue weighted by Gasteiger charge is -2.21. The van der Waals surface area contributed by atoms with Gasteiger partial charge in [0.25, 0.3) is 0 Å². The summed E-state index contributed by atoms with van der Waals surface area (Å²) in [6.45, 7) is 6.28. The fourth-order valence-electron chi connectivity index (χ4n) is 2.31. The molecular weight excluding hydrogens is 375 g/mol. The summed E-state index contributed by atoms with van der Waals surface area (Å²) in [4.78, 5) is 0. The third-order valence-electron chi connectivity index (χ3n) is 3.83. The first kappa shape index (κ1) is 17.9. The Morgan fingerprint density at radius 2 is 1.91 bits per heavy atom. The van der Waals surface area contributed by atoms with Gasteiger partial charge >= 0.3 is 0 Å². The van der Waals surface area contributed by atoms with Crippen LogP contribution in [0.2, 0.25) is 0 Å². The number of anilines is 1. The van der Waals surface area contributed by atoms with Gasteiger partial charge in [0.05, 0.1) is 11.7 Å². The van der Waals surface area contributed by atoms with Crippen molar-refractivity contribution in [2.75, 3.05) is 5.32 Å². The maximum atomic E-state index is 13.9. The lowest BCUT2D eigenvalue weighted by molar-refractivity contribution is 0.623. The Bertz CT molecular complexity index is 718. The SMILES string of the molecule is CC[C@@H](NC(=S)Nc1ccc(Br)cc1F)c1ccc(C)c(C)c1. The molecule has 0 saturated heterocycles. The van der Waals surface area contributed by atoms with E-state index in [1.165, 1.54) is 22.8 Å². The fourth-order valence-corrected chi connectivity index (χ4v) is 2.90. The van der Waals surface area contributed by atoms with Crippen LogP contribution in [0.15, 0.2) is 40.9 Å². The first-order valence-electron chi connectivity index (χ1n) is 7.50. The molecule has 0 amide bonds. The number of hydrogen-bond acceptors (Lipinski definition) is 1. The van der Waals surface area contributed by atoms with Crippen molar-refractivity contribution < 1.29 is 4.39 Å². The van der Waals surface area contributed by atoms with E-state index in [9.17, 15) is 4.39 Å². The van der Waals surface area contributed by atoms with Gasteiger partial charge < -0.3 is 10.6 Å². The first-order valence-corrected chi connectivity index (χ1v) is 8.70. The zero-order valence-electron chi connectivity index (χ0n) is 13.4. The lowest BCUT2D eigenvalue weighted by Crippen LogP contribution is -2.32. The highest BCUT2D eigenvalue weighted by molar-refractivity contribution is 9.10. The third kappa shape index (κ3) is 4.75. The van der Waals surface area contributed by atoms with E-state index < -0.39 is 0 Å². The van der Waals surface area contributed by atoms with Crippen LogP contribution in [0, 0.1) is 19.7 Å². The van der Waals surface area contributed by atoms with E-state index in [2.05, 4.69) is 65.5 Å². The summed E-state index contributed by atoms with van der Waals surface area (Å²) in [5.74, 6) is -0.345. The molecule has 2 N–H and O–H groups in total. The maximum Gasteiger partial charge on any atom is 0.171 e. The molecule has 2 rings (SSSR count). The van der Waals surface area contributed by atoms with Crippen LogP contribution >= 0.6 is 28.1 Å². The molecule has 0 fully saturated rings. The van der Waals surface area contributed by atoms with Gasteiger partial charge in [0.15, 0.2) is 5.11 Å². The Labute approximate surface area is 150 Å². The number of aryl methyl sites for hydroxylation is 2. The Balaban J connectivity index is 2.08. The van der Waals surface area contributed by atoms with E-state index in [1.54, 1.807) is 12.1 Å². The van der Waals surface area contributed by atoms with Gasteiger partial charge in [-0.1, -0.05) is 41.1 Å². The standard InChI is InChI=1S/C18H20BrFN2S/c1-4-16(13-6-5-11(2)12(3)9-13)21-18(23)22-17-8-7-14(19)10-15(17)20/h5-10,16H,4H2,1-3H3,(H2,21,22,23)/t16-/m1/s1. The molecule has 0 heterocycles. The minimum atomic E-state index is -0.345. The van der Waals surface area contributed by atoms with Crippen molar-refractivity contribution in [3.8, 4) is 0 Å². The van der Waals surface area contributed by atoms with E-state index >= 15 is 0 Å². The molecule has 0 aromatic heterocycles. The summed E-state index contributed by atoms with van der Waals surface area (Å²) in [6.07, 6.45) is 0.882. The van der Waals surface area contributed by atoms with E-state index in [4.69, 9.17) is 12.2 Å². The zero-order valence-corrected chi connectivity index (χ0v) is 15.8. The highest BCUT2D eigenvalue weighted by Gasteiger charge is 2.12. The van der Waals surface area contributed by atoms with Crippen LogP contribution in [-0.4, -0.2) is 5.11 Å². The van der Waals surface area contributed by atoms with Gasteiger partial charge in [0, 0.05) is 4.47 Å². The summed E-state index contributed by atoms with van der Waals surface area (Å²) in [5.41, 5.74) is 4.05. The molecule has 0 saturated carbocycles. The summed E-state index contributed by atoms with van der Waals surface area (Å²) in [6, 6.07) is 11.3. The Morgan fingerprint density at radius 3 is 2.52 bits per heavy atom. The van der Waals surface area contributed by atoms with Gasteiger partial charge in [-0.3, -0.25) is 0 Å². The molecule has 0 aliphatic heterocycles. The number of thiocarbonyl (C=S) groups is 1. The zero-order chi connectivity index (χ0) is 17.0. The lowest BCUT2D eigenvalue weighted by atomic mass is 9.99. The monoisotopic (exact) mass is 394 g/mol. The number of benzene rings is 2. The predicted octanol–water partition coefficient (Wildman–Crippen LogP) is 5.64. The van der Waals surface area contributed by atoms with Gasteiger partial charge in [0.2, 0.25) is 0 Å². The summed E-state index contributed by atoms with van der Waals surface area (Å²) >= 11 is 8.57. The summed E-state index contributed by atoms with van der Waals surface area (Å²) in [7, 11) is 0. The van der Waals surface area contributed by atoms with Crippen LogP contribution in [0.4, 0.5) is 10.1 Å². The van der Waals surface area contributed by atoms with Crippen LogP contribution in [0.25, 0.3) is 0 Å². The molecule has 122 valence electrons. The molecule has 0 spiro atoms. The molecule has 0 unspecified atom stereocenters. The van der Waals surface area contributed by atoms with E-state index in [1.807, 2.05) is 0 Å². The molecule has 2 aromatic carbocycles. The van der Waals surface area contributed by atoms with Crippen molar-refractivity contribution in [1.29, 1.82) is 0 Å². The van der Waals surface area contributed by atoms with Crippen molar-refractivity contribution in [1.82, 2.24) is 5.32 Å². The van der Waals surface area contributed by atoms with Crippen LogP contribution in [0.3, 0.4) is 0 Å². The average molecular weight is 395 g/mol. The molecule has 2 nitrogen and oxygen atoms in total. The van der Waals surface area contributed by atoms with E-state index in [-0.39, 0.29) is 11.9 Å². The van der Waals surface area contributed by atoms with Gasteiger partial charge in [-0.05, 0) is 67.4 Å². The van der Waals surface area contributed by atoms with Gasteiger partial charge in [-0.2, -0.15) is 0 Å². The van der Waals surface area contributed by atoms with Crippen LogP contribution in [-0.2, 0) is 0 Å². The molecule has 5 heteroatoms. The summed E-state index contributed by atoms with van der Waals surface area (Å²) < 4.78 is 14.6. The van der Waals surface area contributed by atoms with Gasteiger partial charge in [-0.25, -0.2) is 4.39 Å². The topological polar surface area (TPSA) is 24.1 Å². The molecule has 23 heavy (non-hydrogen) atoms. The van der Waals surface area contributed by atoms with Crippen LogP contribution in [0.1, 0.15) is 36.1 Å². The average Bonchev–Trinajstić information content (AvgIpc) is 2.50. The van der Waals surface area contributed by atoms with Gasteiger partial charge in [0.1, 0.15) is 5.82 Å². The number of rotatable bonds is 4. The Morgan fingerprint density at radius 1 is 1.17 bits per heavy atom. The molecule has 0 bridgehead atoms. The van der Waals surface area contributed by atoms with Crippen molar-refractivity contribution in [2.24, 2.45) is 0 Å². The predicted molar refractivity (Wildman–Crippen MR) is 102 cm³/mol. The number of hydrogen-bond donors (Lipinski definition) is 2. The minimum Gasteiger partial charge on any atom is -0.356 e. The quantitative estimate of drug-likeness (QED) is 0.655. The molecule has 0 aliphatic rings. The van der Waals surface area contributed by atoms with Crippen LogP contribution < -0.4 is 10.6 Å². The molecular formula is C18H20BrFN2S.